The van der Waals surface area contributed by atoms with E-state index in [-0.39, 0.29) is 5.91 Å². The molecule has 2 saturated heterocycles. The lowest BCUT2D eigenvalue weighted by Gasteiger charge is -2.40. The van der Waals surface area contributed by atoms with E-state index >= 15 is 0 Å². The monoisotopic (exact) mass is 393 g/mol. The number of nitriles is 1. The van der Waals surface area contributed by atoms with Crippen molar-refractivity contribution in [3.63, 3.8) is 0 Å². The van der Waals surface area contributed by atoms with Crippen LogP contribution < -0.4 is 5.73 Å². The van der Waals surface area contributed by atoms with Gasteiger partial charge in [0.05, 0.1) is 11.6 Å². The Morgan fingerprint density at radius 3 is 2.66 bits per heavy atom. The highest BCUT2D eigenvalue weighted by atomic mass is 16.2. The molecule has 0 saturated carbocycles. The smallest absolute Gasteiger partial charge is 0.239 e. The molecule has 0 bridgehead atoms. The van der Waals surface area contributed by atoms with Crippen molar-refractivity contribution in [2.45, 2.75) is 57.5 Å². The number of fused-ring (bicyclic) bond motifs is 1. The largest absolute Gasteiger partial charge is 0.360 e. The molecule has 0 radical (unpaired) electrons. The number of aromatic amines is 1. The van der Waals surface area contributed by atoms with E-state index in [1.807, 2.05) is 17.9 Å². The van der Waals surface area contributed by atoms with Crippen molar-refractivity contribution < 1.29 is 4.79 Å². The molecule has 0 spiro atoms. The summed E-state index contributed by atoms with van der Waals surface area (Å²) in [5, 5.41) is 10.2. The zero-order chi connectivity index (χ0) is 20.4. The van der Waals surface area contributed by atoms with Crippen molar-refractivity contribution in [3.05, 3.63) is 35.0 Å². The Labute approximate surface area is 172 Å². The third-order valence-corrected chi connectivity index (χ3v) is 6.62. The fourth-order valence-electron chi connectivity index (χ4n) is 5.01. The topological polar surface area (TPSA) is 89.2 Å². The zero-order valence-corrected chi connectivity index (χ0v) is 17.3. The van der Waals surface area contributed by atoms with Crippen molar-refractivity contribution in [3.8, 4) is 6.07 Å². The second kappa shape index (κ2) is 8.56. The number of hydrogen-bond donors (Lipinski definition) is 2. The number of nitrogens with zero attached hydrogens (tertiary/aromatic N) is 3. The molecule has 1 amide bonds. The zero-order valence-electron chi connectivity index (χ0n) is 17.3. The number of benzene rings is 1. The van der Waals surface area contributed by atoms with Gasteiger partial charge >= 0.3 is 0 Å². The lowest BCUT2D eigenvalue weighted by atomic mass is 9.97. The molecule has 6 nitrogen and oxygen atoms in total. The van der Waals surface area contributed by atoms with Crippen LogP contribution in [0.1, 0.15) is 48.8 Å². The molecule has 0 aliphatic carbocycles. The Morgan fingerprint density at radius 1 is 1.24 bits per heavy atom. The highest BCUT2D eigenvalue weighted by molar-refractivity contribution is 5.89. The van der Waals surface area contributed by atoms with Gasteiger partial charge in [0, 0.05) is 36.2 Å². The first-order valence-electron chi connectivity index (χ1n) is 10.9. The van der Waals surface area contributed by atoms with E-state index in [1.54, 1.807) is 6.20 Å². The van der Waals surface area contributed by atoms with Gasteiger partial charge in [-0.25, -0.2) is 0 Å². The van der Waals surface area contributed by atoms with Gasteiger partial charge in [0.2, 0.25) is 5.91 Å². The van der Waals surface area contributed by atoms with Crippen LogP contribution in [0.15, 0.2) is 18.3 Å². The fraction of sp³-hybridized carbons (Fsp3) is 0.565. The Hall–Kier alpha value is -2.36. The molecule has 29 heavy (non-hydrogen) atoms. The summed E-state index contributed by atoms with van der Waals surface area (Å²) in [7, 11) is 0. The van der Waals surface area contributed by atoms with Crippen LogP contribution >= 0.6 is 0 Å². The van der Waals surface area contributed by atoms with E-state index in [0.717, 1.165) is 48.0 Å². The van der Waals surface area contributed by atoms with E-state index < -0.39 is 6.04 Å². The molecule has 4 rings (SSSR count). The van der Waals surface area contributed by atoms with Gasteiger partial charge in [0.1, 0.15) is 6.07 Å². The molecule has 1 aromatic heterocycles. The number of aromatic nitrogens is 1. The summed E-state index contributed by atoms with van der Waals surface area (Å²) >= 11 is 0. The van der Waals surface area contributed by atoms with E-state index in [9.17, 15) is 10.1 Å². The van der Waals surface area contributed by atoms with E-state index in [1.165, 1.54) is 32.4 Å². The summed E-state index contributed by atoms with van der Waals surface area (Å²) in [6.45, 7) is 6.06. The second-order valence-electron chi connectivity index (χ2n) is 8.61. The first-order chi connectivity index (χ1) is 14.1. The van der Waals surface area contributed by atoms with Crippen LogP contribution in [0.4, 0.5) is 0 Å². The molecule has 2 aliphatic rings. The average Bonchev–Trinajstić information content (AvgIpc) is 3.17. The molecule has 1 atom stereocenters. The summed E-state index contributed by atoms with van der Waals surface area (Å²) < 4.78 is 0. The number of piperidine rings is 2. The van der Waals surface area contributed by atoms with Gasteiger partial charge in [-0.05, 0) is 69.3 Å². The van der Waals surface area contributed by atoms with Crippen molar-refractivity contribution >= 4 is 16.8 Å². The number of rotatable bonds is 4. The number of amides is 1. The first-order valence-corrected chi connectivity index (χ1v) is 10.9. The number of hydrogen-bond acceptors (Lipinski definition) is 4. The quantitative estimate of drug-likeness (QED) is 0.836. The van der Waals surface area contributed by atoms with Crippen LogP contribution in [0.3, 0.4) is 0 Å². The highest BCUT2D eigenvalue weighted by Crippen LogP contribution is 2.25. The number of aryl methyl sites for hydroxylation is 1. The third kappa shape index (κ3) is 4.17. The summed E-state index contributed by atoms with van der Waals surface area (Å²) in [5.74, 6) is 0.0504. The van der Waals surface area contributed by atoms with Crippen LogP contribution in [-0.4, -0.2) is 59.0 Å². The van der Waals surface area contributed by atoms with E-state index in [0.29, 0.717) is 18.0 Å². The lowest BCUT2D eigenvalue weighted by Crippen LogP contribution is -2.52. The molecule has 1 unspecified atom stereocenters. The molecule has 6 heteroatoms. The van der Waals surface area contributed by atoms with Gasteiger partial charge in [0.25, 0.3) is 0 Å². The first kappa shape index (κ1) is 19.9. The number of nitrogens with two attached hydrogens (primary N) is 1. The molecular formula is C23H31N5O. The summed E-state index contributed by atoms with van der Waals surface area (Å²) in [4.78, 5) is 20.7. The number of H-pyrrole nitrogens is 1. The number of carbonyl (C=O) groups excluding carboxylic acids is 1. The van der Waals surface area contributed by atoms with Gasteiger partial charge in [-0.2, -0.15) is 5.26 Å². The van der Waals surface area contributed by atoms with Crippen molar-refractivity contribution in [2.75, 3.05) is 26.2 Å². The number of nitrogens with one attached hydrogen (secondary N) is 1. The Bertz CT molecular complexity index is 913. The molecule has 1 aromatic carbocycles. The Morgan fingerprint density at radius 2 is 1.97 bits per heavy atom. The van der Waals surface area contributed by atoms with Gasteiger partial charge < -0.3 is 20.5 Å². The van der Waals surface area contributed by atoms with Gasteiger partial charge in [-0.3, -0.25) is 4.79 Å². The lowest BCUT2D eigenvalue weighted by molar-refractivity contribution is -0.134. The Kier molecular flexibility index (Phi) is 5.89. The van der Waals surface area contributed by atoms with Gasteiger partial charge in [0.15, 0.2) is 0 Å². The minimum atomic E-state index is -0.539. The van der Waals surface area contributed by atoms with Gasteiger partial charge in [-0.15, -0.1) is 0 Å². The van der Waals surface area contributed by atoms with Crippen molar-refractivity contribution in [2.24, 2.45) is 5.73 Å². The SMILES string of the molecule is Cc1cc(CC(N)C(=O)N2CCC(N3CCCCC3)CC2)cc2c(C#N)c[nH]c12. The molecule has 154 valence electrons. The number of carbonyl (C=O) groups is 1. The second-order valence-corrected chi connectivity index (χ2v) is 8.61. The van der Waals surface area contributed by atoms with Gasteiger partial charge in [-0.1, -0.05) is 12.5 Å². The Balaban J connectivity index is 1.37. The molecule has 2 fully saturated rings. The van der Waals surface area contributed by atoms with Crippen molar-refractivity contribution in [1.82, 2.24) is 14.8 Å². The predicted molar refractivity (Wildman–Crippen MR) is 114 cm³/mol. The third-order valence-electron chi connectivity index (χ3n) is 6.62. The highest BCUT2D eigenvalue weighted by Gasteiger charge is 2.29. The fourth-order valence-corrected chi connectivity index (χ4v) is 5.01. The van der Waals surface area contributed by atoms with Crippen LogP contribution in [0.5, 0.6) is 0 Å². The molecule has 3 N–H and O–H groups in total. The van der Waals surface area contributed by atoms with E-state index in [4.69, 9.17) is 5.73 Å². The molecule has 3 heterocycles. The molecule has 2 aromatic rings. The normalized spacial score (nSPS) is 20.0. The maximum atomic E-state index is 12.9. The van der Waals surface area contributed by atoms with Crippen molar-refractivity contribution in [1.29, 1.82) is 5.26 Å². The summed E-state index contributed by atoms with van der Waals surface area (Å²) in [6, 6.07) is 6.36. The van der Waals surface area contributed by atoms with E-state index in [2.05, 4.69) is 22.0 Å². The minimum absolute atomic E-state index is 0.0504. The summed E-state index contributed by atoms with van der Waals surface area (Å²) in [6.07, 6.45) is 8.31. The maximum Gasteiger partial charge on any atom is 0.239 e. The number of likely N-dealkylation sites (tertiary alicyclic amines) is 2. The molecular weight excluding hydrogens is 362 g/mol. The predicted octanol–water partition coefficient (Wildman–Crippen LogP) is 2.69. The minimum Gasteiger partial charge on any atom is -0.360 e. The average molecular weight is 394 g/mol. The maximum absolute atomic E-state index is 12.9. The van der Waals surface area contributed by atoms with Crippen LogP contribution in [0, 0.1) is 18.3 Å². The van der Waals surface area contributed by atoms with Crippen LogP contribution in [-0.2, 0) is 11.2 Å². The summed E-state index contributed by atoms with van der Waals surface area (Å²) in [5.41, 5.74) is 10.0. The molecule has 2 aliphatic heterocycles. The standard InChI is InChI=1S/C23H31N5O/c1-16-11-17(12-20-18(14-24)15-26-22(16)20)13-21(25)23(29)28-9-5-19(6-10-28)27-7-3-2-4-8-27/h11-12,15,19,21,26H,2-10,13,25H2,1H3. The van der Waals surface area contributed by atoms with Crippen LogP contribution in [0.25, 0.3) is 10.9 Å². The van der Waals surface area contributed by atoms with Crippen LogP contribution in [0.2, 0.25) is 0 Å².